The van der Waals surface area contributed by atoms with Crippen LogP contribution in [-0.4, -0.2) is 13.0 Å². The Morgan fingerprint density at radius 1 is 0.952 bits per heavy atom. The van der Waals surface area contributed by atoms with Crippen molar-refractivity contribution in [2.24, 2.45) is 0 Å². The van der Waals surface area contributed by atoms with Gasteiger partial charge in [0.1, 0.15) is 4.90 Å². The van der Waals surface area contributed by atoms with Gasteiger partial charge in [-0.1, -0.05) is 35.3 Å². The monoisotopic (exact) mass is 344 g/mol. The Bertz CT molecular complexity index is 807. The first-order valence-electron chi connectivity index (χ1n) is 6.17. The molecular weight excluding hydrogens is 331 g/mol. The van der Waals surface area contributed by atoms with E-state index in [4.69, 9.17) is 23.2 Å². The summed E-state index contributed by atoms with van der Waals surface area (Å²) in [5, 5.41) is 0.859. The largest absolute Gasteiger partial charge is 0.295 e. The Balaban J connectivity index is 2.95. The van der Waals surface area contributed by atoms with E-state index in [2.05, 4.69) is 0 Å². The van der Waals surface area contributed by atoms with Crippen LogP contribution in [0, 0.1) is 20.8 Å². The predicted octanol–water partition coefficient (Wildman–Crippen LogP) is 4.83. The molecule has 2 rings (SSSR count). The van der Waals surface area contributed by atoms with E-state index >= 15 is 0 Å². The van der Waals surface area contributed by atoms with Crippen molar-refractivity contribution in [3.63, 3.8) is 0 Å². The SMILES string of the molecule is Cc1cc(C)c(S(=O)(=O)O)c(C)c1-c1c(Cl)cccc1Cl. The van der Waals surface area contributed by atoms with Gasteiger partial charge in [-0.2, -0.15) is 8.42 Å². The van der Waals surface area contributed by atoms with E-state index < -0.39 is 10.1 Å². The third-order valence-electron chi connectivity index (χ3n) is 3.37. The predicted molar refractivity (Wildman–Crippen MR) is 85.9 cm³/mol. The number of benzene rings is 2. The summed E-state index contributed by atoms with van der Waals surface area (Å²) in [6, 6.07) is 6.80. The minimum Gasteiger partial charge on any atom is -0.282 e. The zero-order chi connectivity index (χ0) is 15.9. The number of aryl methyl sites for hydroxylation is 2. The molecule has 0 saturated heterocycles. The fourth-order valence-corrected chi connectivity index (χ4v) is 4.23. The van der Waals surface area contributed by atoms with Crippen LogP contribution >= 0.6 is 23.2 Å². The van der Waals surface area contributed by atoms with Crippen molar-refractivity contribution in [1.82, 2.24) is 0 Å². The molecule has 1 N–H and O–H groups in total. The maximum absolute atomic E-state index is 11.6. The van der Waals surface area contributed by atoms with Crippen LogP contribution in [0.3, 0.4) is 0 Å². The highest BCUT2D eigenvalue weighted by atomic mass is 35.5. The summed E-state index contributed by atoms with van der Waals surface area (Å²) in [6.45, 7) is 5.13. The van der Waals surface area contributed by atoms with Gasteiger partial charge in [-0.15, -0.1) is 0 Å². The van der Waals surface area contributed by atoms with Gasteiger partial charge in [-0.25, -0.2) is 0 Å². The highest BCUT2D eigenvalue weighted by Gasteiger charge is 2.23. The van der Waals surface area contributed by atoms with Crippen molar-refractivity contribution in [3.8, 4) is 11.1 Å². The fourth-order valence-electron chi connectivity index (χ4n) is 2.69. The number of rotatable bonds is 2. The van der Waals surface area contributed by atoms with Crippen LogP contribution in [0.5, 0.6) is 0 Å². The van der Waals surface area contributed by atoms with Crippen LogP contribution in [0.15, 0.2) is 29.2 Å². The van der Waals surface area contributed by atoms with E-state index in [9.17, 15) is 13.0 Å². The minimum atomic E-state index is -4.32. The molecule has 112 valence electrons. The van der Waals surface area contributed by atoms with E-state index in [0.29, 0.717) is 32.3 Å². The summed E-state index contributed by atoms with van der Waals surface area (Å²) in [5.74, 6) is 0. The molecule has 0 spiro atoms. The zero-order valence-corrected chi connectivity index (χ0v) is 14.1. The standard InChI is InChI=1S/C15H14Cl2O3S/c1-8-7-9(2)15(21(18,19)20)10(3)13(8)14-11(16)5-4-6-12(14)17/h4-7H,1-3H3,(H,18,19,20). The third kappa shape index (κ3) is 2.94. The second-order valence-electron chi connectivity index (χ2n) is 4.91. The van der Waals surface area contributed by atoms with E-state index in [1.807, 2.05) is 6.92 Å². The summed E-state index contributed by atoms with van der Waals surface area (Å²) in [4.78, 5) is -0.0981. The molecule has 6 heteroatoms. The molecule has 0 amide bonds. The Kier molecular flexibility index (Phi) is 4.36. The Morgan fingerprint density at radius 3 is 1.95 bits per heavy atom. The topological polar surface area (TPSA) is 54.4 Å². The summed E-state index contributed by atoms with van der Waals surface area (Å²) < 4.78 is 32.7. The van der Waals surface area contributed by atoms with Crippen molar-refractivity contribution in [1.29, 1.82) is 0 Å². The van der Waals surface area contributed by atoms with Gasteiger partial charge in [-0.05, 0) is 55.2 Å². The molecule has 3 nitrogen and oxygen atoms in total. The molecule has 0 atom stereocenters. The molecule has 0 unspecified atom stereocenters. The van der Waals surface area contributed by atoms with E-state index in [1.165, 1.54) is 0 Å². The number of halogens is 2. The average Bonchev–Trinajstić information content (AvgIpc) is 2.30. The minimum absolute atomic E-state index is 0.0981. The average molecular weight is 345 g/mol. The Hall–Kier alpha value is -1.07. The van der Waals surface area contributed by atoms with E-state index in [0.717, 1.165) is 5.56 Å². The van der Waals surface area contributed by atoms with Gasteiger partial charge in [0, 0.05) is 15.6 Å². The van der Waals surface area contributed by atoms with E-state index in [-0.39, 0.29) is 4.90 Å². The van der Waals surface area contributed by atoms with Gasteiger partial charge in [0.25, 0.3) is 10.1 Å². The molecule has 0 aliphatic rings. The maximum atomic E-state index is 11.6. The molecule has 0 radical (unpaired) electrons. The summed E-state index contributed by atoms with van der Waals surface area (Å²) >= 11 is 12.4. The second-order valence-corrected chi connectivity index (χ2v) is 7.08. The Labute approximate surface area is 134 Å². The van der Waals surface area contributed by atoms with Crippen molar-refractivity contribution >= 4 is 33.3 Å². The first-order chi connectivity index (χ1) is 9.64. The van der Waals surface area contributed by atoms with Crippen LogP contribution < -0.4 is 0 Å². The molecule has 2 aromatic carbocycles. The van der Waals surface area contributed by atoms with Gasteiger partial charge in [-0.3, -0.25) is 4.55 Å². The summed E-state index contributed by atoms with van der Waals surface area (Å²) in [7, 11) is -4.32. The quantitative estimate of drug-likeness (QED) is 0.793. The normalized spacial score (nSPS) is 11.7. The molecule has 0 saturated carbocycles. The summed E-state index contributed by atoms with van der Waals surface area (Å²) in [6.07, 6.45) is 0. The molecule has 0 heterocycles. The fraction of sp³-hybridized carbons (Fsp3) is 0.200. The lowest BCUT2D eigenvalue weighted by Crippen LogP contribution is -2.06. The second kappa shape index (κ2) is 5.61. The van der Waals surface area contributed by atoms with Gasteiger partial charge in [0.05, 0.1) is 0 Å². The molecule has 0 aliphatic heterocycles. The third-order valence-corrected chi connectivity index (χ3v) is 5.15. The number of hydrogen-bond donors (Lipinski definition) is 1. The van der Waals surface area contributed by atoms with Crippen LogP contribution in [-0.2, 0) is 10.1 Å². The van der Waals surface area contributed by atoms with Gasteiger partial charge in [0.2, 0.25) is 0 Å². The molecular formula is C15H14Cl2O3S. The van der Waals surface area contributed by atoms with Gasteiger partial charge >= 0.3 is 0 Å². The van der Waals surface area contributed by atoms with Crippen molar-refractivity contribution in [2.45, 2.75) is 25.7 Å². The lowest BCUT2D eigenvalue weighted by atomic mass is 9.93. The highest BCUT2D eigenvalue weighted by Crippen LogP contribution is 2.40. The smallest absolute Gasteiger partial charge is 0.282 e. The molecule has 0 fully saturated rings. The molecule has 21 heavy (non-hydrogen) atoms. The lowest BCUT2D eigenvalue weighted by Gasteiger charge is -2.17. The zero-order valence-electron chi connectivity index (χ0n) is 11.7. The van der Waals surface area contributed by atoms with Crippen LogP contribution in [0.25, 0.3) is 11.1 Å². The highest BCUT2D eigenvalue weighted by molar-refractivity contribution is 7.86. The van der Waals surface area contributed by atoms with Crippen LogP contribution in [0.2, 0.25) is 10.0 Å². The molecule has 0 aromatic heterocycles. The van der Waals surface area contributed by atoms with Crippen LogP contribution in [0.1, 0.15) is 16.7 Å². The van der Waals surface area contributed by atoms with Crippen molar-refractivity contribution in [3.05, 3.63) is 51.0 Å². The molecule has 0 aliphatic carbocycles. The first kappa shape index (κ1) is 16.3. The lowest BCUT2D eigenvalue weighted by molar-refractivity contribution is 0.482. The van der Waals surface area contributed by atoms with Crippen molar-refractivity contribution < 1.29 is 13.0 Å². The summed E-state index contributed by atoms with van der Waals surface area (Å²) in [5.41, 5.74) is 2.96. The molecule has 0 bridgehead atoms. The number of hydrogen-bond acceptors (Lipinski definition) is 2. The van der Waals surface area contributed by atoms with Crippen LogP contribution in [0.4, 0.5) is 0 Å². The van der Waals surface area contributed by atoms with E-state index in [1.54, 1.807) is 38.1 Å². The van der Waals surface area contributed by atoms with Gasteiger partial charge < -0.3 is 0 Å². The van der Waals surface area contributed by atoms with Crippen molar-refractivity contribution in [2.75, 3.05) is 0 Å². The van der Waals surface area contributed by atoms with Gasteiger partial charge in [0.15, 0.2) is 0 Å². The molecule has 2 aromatic rings. The Morgan fingerprint density at radius 2 is 1.48 bits per heavy atom. The maximum Gasteiger partial charge on any atom is 0.295 e. The first-order valence-corrected chi connectivity index (χ1v) is 8.37.